The van der Waals surface area contributed by atoms with E-state index in [-0.39, 0.29) is 23.4 Å². The topological polar surface area (TPSA) is 78.3 Å². The van der Waals surface area contributed by atoms with Crippen LogP contribution in [0.3, 0.4) is 0 Å². The SMILES string of the molecule is Cc1ccc(C(=O)N2CCC(n3c(=O)[nH]c4ccccc43)CC2)c(O)c1. The van der Waals surface area contributed by atoms with Gasteiger partial charge in [0.25, 0.3) is 5.91 Å². The molecule has 1 aromatic heterocycles. The van der Waals surface area contributed by atoms with Crippen molar-refractivity contribution in [1.29, 1.82) is 0 Å². The molecule has 0 aliphatic carbocycles. The van der Waals surface area contributed by atoms with Crippen LogP contribution in [0.4, 0.5) is 0 Å². The highest BCUT2D eigenvalue weighted by Gasteiger charge is 2.27. The maximum Gasteiger partial charge on any atom is 0.326 e. The maximum absolute atomic E-state index is 12.7. The number of hydrogen-bond acceptors (Lipinski definition) is 3. The number of aromatic amines is 1. The monoisotopic (exact) mass is 351 g/mol. The lowest BCUT2D eigenvalue weighted by atomic mass is 10.0. The fraction of sp³-hybridized carbons (Fsp3) is 0.300. The van der Waals surface area contributed by atoms with Crippen molar-refractivity contribution < 1.29 is 9.90 Å². The molecule has 2 aromatic carbocycles. The third-order valence-corrected chi connectivity index (χ3v) is 5.12. The van der Waals surface area contributed by atoms with Crippen LogP contribution in [0.1, 0.15) is 34.8 Å². The van der Waals surface area contributed by atoms with Crippen molar-refractivity contribution in [1.82, 2.24) is 14.5 Å². The van der Waals surface area contributed by atoms with Crippen molar-refractivity contribution in [2.24, 2.45) is 0 Å². The summed E-state index contributed by atoms with van der Waals surface area (Å²) in [5, 5.41) is 10.1. The van der Waals surface area contributed by atoms with Gasteiger partial charge in [-0.25, -0.2) is 4.79 Å². The number of piperidine rings is 1. The van der Waals surface area contributed by atoms with Crippen LogP contribution in [0.15, 0.2) is 47.3 Å². The van der Waals surface area contributed by atoms with Crippen LogP contribution in [0.25, 0.3) is 11.0 Å². The van der Waals surface area contributed by atoms with Gasteiger partial charge in [0, 0.05) is 19.1 Å². The molecule has 1 amide bonds. The van der Waals surface area contributed by atoms with E-state index in [1.807, 2.05) is 37.3 Å². The Hall–Kier alpha value is -3.02. The summed E-state index contributed by atoms with van der Waals surface area (Å²) < 4.78 is 1.81. The molecule has 1 aliphatic heterocycles. The van der Waals surface area contributed by atoms with Crippen LogP contribution in [-0.2, 0) is 0 Å². The van der Waals surface area contributed by atoms with E-state index in [9.17, 15) is 14.7 Å². The normalized spacial score (nSPS) is 15.5. The number of carbonyl (C=O) groups excluding carboxylic acids is 1. The standard InChI is InChI=1S/C20H21N3O3/c1-13-6-7-15(18(24)12-13)19(25)22-10-8-14(9-11-22)23-17-5-3-2-4-16(17)21-20(23)26/h2-7,12,14,24H,8-11H2,1H3,(H,21,26). The van der Waals surface area contributed by atoms with Crippen LogP contribution in [0.2, 0.25) is 0 Å². The number of aromatic nitrogens is 2. The number of likely N-dealkylation sites (tertiary alicyclic amines) is 1. The minimum Gasteiger partial charge on any atom is -0.507 e. The third-order valence-electron chi connectivity index (χ3n) is 5.12. The molecule has 26 heavy (non-hydrogen) atoms. The molecular formula is C20H21N3O3. The fourth-order valence-corrected chi connectivity index (χ4v) is 3.76. The van der Waals surface area contributed by atoms with Gasteiger partial charge in [0.15, 0.2) is 0 Å². The van der Waals surface area contributed by atoms with Crippen molar-refractivity contribution >= 4 is 16.9 Å². The molecule has 0 unspecified atom stereocenters. The Kier molecular flexibility index (Phi) is 4.03. The van der Waals surface area contributed by atoms with Crippen molar-refractivity contribution in [3.63, 3.8) is 0 Å². The quantitative estimate of drug-likeness (QED) is 0.745. The van der Waals surface area contributed by atoms with Gasteiger partial charge in [0.1, 0.15) is 5.75 Å². The molecule has 0 radical (unpaired) electrons. The van der Waals surface area contributed by atoms with Crippen LogP contribution in [-0.4, -0.2) is 38.6 Å². The van der Waals surface area contributed by atoms with Gasteiger partial charge in [-0.05, 0) is 49.6 Å². The van der Waals surface area contributed by atoms with Crippen molar-refractivity contribution in [2.45, 2.75) is 25.8 Å². The van der Waals surface area contributed by atoms with Crippen LogP contribution < -0.4 is 5.69 Å². The number of hydrogen-bond donors (Lipinski definition) is 2. The lowest BCUT2D eigenvalue weighted by molar-refractivity contribution is 0.0692. The molecule has 6 heteroatoms. The molecule has 0 saturated carbocycles. The van der Waals surface area contributed by atoms with Gasteiger partial charge in [0.05, 0.1) is 16.6 Å². The molecule has 1 aliphatic rings. The lowest BCUT2D eigenvalue weighted by Crippen LogP contribution is -2.40. The number of aryl methyl sites for hydroxylation is 1. The number of rotatable bonds is 2. The Morgan fingerprint density at radius 3 is 2.62 bits per heavy atom. The van der Waals surface area contributed by atoms with Crippen molar-refractivity contribution in [3.05, 3.63) is 64.1 Å². The average Bonchev–Trinajstić information content (AvgIpc) is 2.97. The Labute approximate surface area is 150 Å². The molecular weight excluding hydrogens is 330 g/mol. The predicted octanol–water partition coefficient (Wildman–Crippen LogP) is 2.82. The Morgan fingerprint density at radius 1 is 1.15 bits per heavy atom. The van der Waals surface area contributed by atoms with E-state index in [2.05, 4.69) is 4.98 Å². The molecule has 6 nitrogen and oxygen atoms in total. The first-order chi connectivity index (χ1) is 12.5. The number of benzene rings is 2. The zero-order chi connectivity index (χ0) is 18.3. The number of phenols is 1. The van der Waals surface area contributed by atoms with Crippen molar-refractivity contribution in [3.8, 4) is 5.75 Å². The number of phenolic OH excluding ortho intramolecular Hbond substituents is 1. The average molecular weight is 351 g/mol. The molecule has 0 bridgehead atoms. The molecule has 1 fully saturated rings. The molecule has 2 heterocycles. The summed E-state index contributed by atoms with van der Waals surface area (Å²) in [5.41, 5.74) is 2.88. The second kappa shape index (κ2) is 6.37. The summed E-state index contributed by atoms with van der Waals surface area (Å²) in [6, 6.07) is 12.8. The summed E-state index contributed by atoms with van der Waals surface area (Å²) in [4.78, 5) is 29.7. The Balaban J connectivity index is 1.53. The number of nitrogens with one attached hydrogen (secondary N) is 1. The van der Waals surface area contributed by atoms with E-state index >= 15 is 0 Å². The van der Waals surface area contributed by atoms with E-state index in [1.165, 1.54) is 0 Å². The number of amides is 1. The Bertz CT molecular complexity index is 1030. The molecule has 4 rings (SSSR count). The summed E-state index contributed by atoms with van der Waals surface area (Å²) >= 11 is 0. The van der Waals surface area contributed by atoms with E-state index in [4.69, 9.17) is 0 Å². The predicted molar refractivity (Wildman–Crippen MR) is 99.6 cm³/mol. The summed E-state index contributed by atoms with van der Waals surface area (Å²) in [6.07, 6.45) is 1.42. The van der Waals surface area contributed by atoms with Crippen LogP contribution >= 0.6 is 0 Å². The molecule has 1 saturated heterocycles. The second-order valence-corrected chi connectivity index (χ2v) is 6.86. The first-order valence-corrected chi connectivity index (χ1v) is 8.83. The van der Waals surface area contributed by atoms with Gasteiger partial charge in [0.2, 0.25) is 0 Å². The molecule has 0 spiro atoms. The van der Waals surface area contributed by atoms with E-state index in [0.717, 1.165) is 16.6 Å². The van der Waals surface area contributed by atoms with Gasteiger partial charge in [-0.1, -0.05) is 18.2 Å². The molecule has 3 aromatic rings. The highest BCUT2D eigenvalue weighted by molar-refractivity contribution is 5.97. The highest BCUT2D eigenvalue weighted by atomic mass is 16.3. The third kappa shape index (κ3) is 2.77. The van der Waals surface area contributed by atoms with Gasteiger partial charge < -0.3 is 15.0 Å². The number of imidazole rings is 1. The number of H-pyrrole nitrogens is 1. The molecule has 0 atom stereocenters. The molecule has 134 valence electrons. The molecule has 2 N–H and O–H groups in total. The number of carbonyl (C=O) groups is 1. The minimum atomic E-state index is -0.160. The van der Waals surface area contributed by atoms with Crippen molar-refractivity contribution in [2.75, 3.05) is 13.1 Å². The minimum absolute atomic E-state index is 0.0185. The second-order valence-electron chi connectivity index (χ2n) is 6.86. The first-order valence-electron chi connectivity index (χ1n) is 8.83. The van der Waals surface area contributed by atoms with E-state index < -0.39 is 0 Å². The number of para-hydroxylation sites is 2. The van der Waals surface area contributed by atoms with Crippen LogP contribution in [0.5, 0.6) is 5.75 Å². The van der Waals surface area contributed by atoms with E-state index in [1.54, 1.807) is 21.6 Å². The van der Waals surface area contributed by atoms with Gasteiger partial charge in [-0.2, -0.15) is 0 Å². The number of fused-ring (bicyclic) bond motifs is 1. The number of aromatic hydroxyl groups is 1. The fourth-order valence-electron chi connectivity index (χ4n) is 3.76. The van der Waals surface area contributed by atoms with E-state index in [0.29, 0.717) is 31.5 Å². The Morgan fingerprint density at radius 2 is 1.88 bits per heavy atom. The summed E-state index contributed by atoms with van der Waals surface area (Å²) in [5.74, 6) is -0.141. The summed E-state index contributed by atoms with van der Waals surface area (Å²) in [7, 11) is 0. The zero-order valence-corrected chi connectivity index (χ0v) is 14.6. The van der Waals surface area contributed by atoms with Crippen LogP contribution in [0, 0.1) is 6.92 Å². The largest absolute Gasteiger partial charge is 0.507 e. The van der Waals surface area contributed by atoms with Gasteiger partial charge in [-0.3, -0.25) is 9.36 Å². The van der Waals surface area contributed by atoms with Gasteiger partial charge in [-0.15, -0.1) is 0 Å². The summed E-state index contributed by atoms with van der Waals surface area (Å²) in [6.45, 7) is 2.99. The highest BCUT2D eigenvalue weighted by Crippen LogP contribution is 2.27. The first kappa shape index (κ1) is 16.4. The zero-order valence-electron chi connectivity index (χ0n) is 14.6. The maximum atomic E-state index is 12.7. The number of nitrogens with zero attached hydrogens (tertiary/aromatic N) is 2. The lowest BCUT2D eigenvalue weighted by Gasteiger charge is -2.32. The van der Waals surface area contributed by atoms with Gasteiger partial charge >= 0.3 is 5.69 Å². The smallest absolute Gasteiger partial charge is 0.326 e.